The summed E-state index contributed by atoms with van der Waals surface area (Å²) in [6, 6.07) is 0.809. The van der Waals surface area contributed by atoms with Gasteiger partial charge in [0, 0.05) is 23.9 Å². The third kappa shape index (κ3) is 1.63. The Morgan fingerprint density at radius 1 is 0.484 bits per heavy atom. The maximum Gasteiger partial charge on any atom is 0.0635 e. The minimum atomic E-state index is 0.405. The first kappa shape index (κ1) is 15.6. The van der Waals surface area contributed by atoms with E-state index in [1.54, 1.807) is 11.1 Å². The summed E-state index contributed by atoms with van der Waals surface area (Å²) < 4.78 is 0. The Hall–Kier alpha value is -3.16. The van der Waals surface area contributed by atoms with Gasteiger partial charge in [-0.1, -0.05) is 85.1 Å². The minimum Gasteiger partial charge on any atom is -0.302 e. The van der Waals surface area contributed by atoms with Crippen LogP contribution in [0, 0.1) is 23.7 Å². The van der Waals surface area contributed by atoms with Crippen LogP contribution in [0.15, 0.2) is 141 Å². The Bertz CT molecular complexity index is 1410. The lowest BCUT2D eigenvalue weighted by atomic mass is 9.70. The summed E-state index contributed by atoms with van der Waals surface area (Å²) >= 11 is 0. The molecule has 1 heteroatoms. The van der Waals surface area contributed by atoms with E-state index in [0.717, 1.165) is 0 Å². The largest absolute Gasteiger partial charge is 0.302 e. The molecule has 0 aromatic carbocycles. The molecule has 1 N–H and O–H groups in total. The highest BCUT2D eigenvalue weighted by molar-refractivity contribution is 5.83. The van der Waals surface area contributed by atoms with Crippen molar-refractivity contribution in [3.05, 3.63) is 153 Å². The molecule has 9 rings (SSSR count). The molecule has 0 spiro atoms. The summed E-state index contributed by atoms with van der Waals surface area (Å²) in [6.07, 6.45) is 32.4. The summed E-state index contributed by atoms with van der Waals surface area (Å²) in [7, 11) is 0. The maximum absolute atomic E-state index is 4.12. The summed E-state index contributed by atoms with van der Waals surface area (Å²) in [6.45, 7) is 0. The molecule has 0 amide bonds. The quantitative estimate of drug-likeness (QED) is 0.597. The number of rotatable bonds is 0. The van der Waals surface area contributed by atoms with E-state index in [1.807, 2.05) is 0 Å². The van der Waals surface area contributed by atoms with Crippen molar-refractivity contribution in [2.45, 2.75) is 12.1 Å². The van der Waals surface area contributed by atoms with Crippen LogP contribution in [0.4, 0.5) is 0 Å². The van der Waals surface area contributed by atoms with Crippen LogP contribution in [0.1, 0.15) is 0 Å². The van der Waals surface area contributed by atoms with E-state index in [2.05, 4.69) is 90.4 Å². The van der Waals surface area contributed by atoms with Crippen molar-refractivity contribution >= 4 is 0 Å². The Kier molecular flexibility index (Phi) is 2.52. The predicted molar refractivity (Wildman–Crippen MR) is 123 cm³/mol. The average Bonchev–Trinajstić information content (AvgIpc) is 3.44. The van der Waals surface area contributed by atoms with Crippen molar-refractivity contribution in [3.8, 4) is 0 Å². The normalized spacial score (nSPS) is 37.0. The van der Waals surface area contributed by atoms with Crippen molar-refractivity contribution in [1.82, 2.24) is 5.32 Å². The zero-order chi connectivity index (χ0) is 19.8. The van der Waals surface area contributed by atoms with Crippen LogP contribution in [0.25, 0.3) is 0 Å². The molecular weight excluding hydrogens is 374 g/mol. The highest BCUT2D eigenvalue weighted by Crippen LogP contribution is 2.63. The molecule has 31 heavy (non-hydrogen) atoms. The molecule has 1 nitrogen and oxygen atoms in total. The van der Waals surface area contributed by atoms with Crippen LogP contribution < -0.4 is 5.32 Å². The van der Waals surface area contributed by atoms with Gasteiger partial charge >= 0.3 is 0 Å². The third-order valence-electron chi connectivity index (χ3n) is 8.53. The second kappa shape index (κ2) is 5.00. The number of hydrogen-bond donors (Lipinski definition) is 1. The molecule has 1 heterocycles. The van der Waals surface area contributed by atoms with E-state index in [0.29, 0.717) is 23.9 Å². The molecule has 8 aliphatic carbocycles. The van der Waals surface area contributed by atoms with E-state index >= 15 is 0 Å². The second-order valence-electron chi connectivity index (χ2n) is 9.70. The topological polar surface area (TPSA) is 12.0 Å². The number of allylic oxidation sites excluding steroid dienone is 18. The lowest BCUT2D eigenvalue weighted by Gasteiger charge is -2.32. The molecule has 4 unspecified atom stereocenters. The van der Waals surface area contributed by atoms with Gasteiger partial charge < -0.3 is 5.32 Å². The van der Waals surface area contributed by atoms with E-state index in [4.69, 9.17) is 0 Å². The van der Waals surface area contributed by atoms with Gasteiger partial charge in [0.25, 0.3) is 0 Å². The van der Waals surface area contributed by atoms with E-state index in [9.17, 15) is 0 Å². The van der Waals surface area contributed by atoms with Gasteiger partial charge in [-0.3, -0.25) is 0 Å². The Labute approximate surface area is 182 Å². The van der Waals surface area contributed by atoms with Crippen LogP contribution in [0.5, 0.6) is 0 Å². The van der Waals surface area contributed by atoms with Crippen LogP contribution >= 0.6 is 0 Å². The van der Waals surface area contributed by atoms with Gasteiger partial charge in [0.05, 0.1) is 11.8 Å². The molecule has 0 bridgehead atoms. The van der Waals surface area contributed by atoms with Gasteiger partial charge in [-0.25, -0.2) is 0 Å². The fraction of sp³-hybridized carbons (Fsp3) is 0.133. The lowest BCUT2D eigenvalue weighted by Crippen LogP contribution is -2.34. The smallest absolute Gasteiger partial charge is 0.0635 e. The molecule has 1 saturated heterocycles. The van der Waals surface area contributed by atoms with Crippen molar-refractivity contribution in [2.75, 3.05) is 0 Å². The first-order valence-electron chi connectivity index (χ1n) is 11.4. The first-order chi connectivity index (χ1) is 15.4. The van der Waals surface area contributed by atoms with E-state index in [-0.39, 0.29) is 0 Å². The highest BCUT2D eigenvalue weighted by Gasteiger charge is 2.59. The van der Waals surface area contributed by atoms with Gasteiger partial charge in [0.2, 0.25) is 0 Å². The van der Waals surface area contributed by atoms with Crippen LogP contribution in [0.2, 0.25) is 0 Å². The van der Waals surface area contributed by atoms with Crippen molar-refractivity contribution in [2.24, 2.45) is 11.8 Å². The molecule has 144 valence electrons. The number of hydrogen-bond acceptors (Lipinski definition) is 1. The van der Waals surface area contributed by atoms with E-state index < -0.39 is 0 Å². The average molecular weight is 393 g/mol. The van der Waals surface area contributed by atoms with Gasteiger partial charge in [-0.15, -0.1) is 0 Å². The van der Waals surface area contributed by atoms with Crippen molar-refractivity contribution in [3.63, 3.8) is 0 Å². The van der Waals surface area contributed by atoms with Crippen LogP contribution in [0.3, 0.4) is 0 Å². The number of nitrogens with one attached hydrogen (secondary N) is 1. The predicted octanol–water partition coefficient (Wildman–Crippen LogP) is 5.19. The minimum absolute atomic E-state index is 0.405. The molecule has 1 fully saturated rings. The Morgan fingerprint density at radius 3 is 1.84 bits per heavy atom. The first-order valence-corrected chi connectivity index (χ1v) is 11.4. The molecule has 0 saturated carbocycles. The molecular formula is C30H19N. The van der Waals surface area contributed by atoms with Crippen LogP contribution in [-0.4, -0.2) is 12.1 Å². The monoisotopic (exact) mass is 393 g/mol. The van der Waals surface area contributed by atoms with Crippen molar-refractivity contribution in [1.29, 1.82) is 0 Å². The Morgan fingerprint density at radius 2 is 1.10 bits per heavy atom. The molecule has 9 aliphatic rings. The zero-order valence-corrected chi connectivity index (χ0v) is 16.9. The molecule has 4 atom stereocenters. The lowest BCUT2D eigenvalue weighted by molar-refractivity contribution is 0.513. The summed E-state index contributed by atoms with van der Waals surface area (Å²) in [5, 5.41) is 4.12. The van der Waals surface area contributed by atoms with Gasteiger partial charge in [-0.2, -0.15) is 0 Å². The van der Waals surface area contributed by atoms with E-state index in [1.165, 1.54) is 56.4 Å². The maximum atomic E-state index is 4.12. The fourth-order valence-corrected chi connectivity index (χ4v) is 7.47. The number of fused-ring (bicyclic) bond motifs is 7. The van der Waals surface area contributed by atoms with Gasteiger partial charge in [0.1, 0.15) is 0 Å². The molecule has 1 aliphatic heterocycles. The molecule has 0 aromatic rings. The van der Waals surface area contributed by atoms with Crippen molar-refractivity contribution < 1.29 is 0 Å². The third-order valence-corrected chi connectivity index (χ3v) is 8.53. The standard InChI is InChI=1S/C30H19N/c1-3-15-7-11-19-25-21(13-9-17(5-1)23(15)25)29-27(19)28-20-12-8-16-4-2-6-18-10-14-22(30(28)31-29)26(20)24(16)18/h1-14,27-31H. The Balaban J connectivity index is 1.25. The van der Waals surface area contributed by atoms with Gasteiger partial charge in [0.15, 0.2) is 0 Å². The fourth-order valence-electron chi connectivity index (χ4n) is 7.47. The van der Waals surface area contributed by atoms with Crippen LogP contribution in [-0.2, 0) is 0 Å². The van der Waals surface area contributed by atoms with Gasteiger partial charge in [-0.05, 0) is 55.7 Å². The SMILES string of the molecule is C1=CC2=CC=C3C4=C(C=CC(=C1)[C]24)C1NC2C4=CC=C5C=CC=C6C=CC(=C4[C]65)C2C31. The summed E-state index contributed by atoms with van der Waals surface area (Å²) in [4.78, 5) is 0. The molecule has 2 radical (unpaired) electrons. The summed E-state index contributed by atoms with van der Waals surface area (Å²) in [5.41, 5.74) is 14.6. The highest BCUT2D eigenvalue weighted by atomic mass is 15.0. The second-order valence-corrected chi connectivity index (χ2v) is 9.70. The zero-order valence-electron chi connectivity index (χ0n) is 16.9. The summed E-state index contributed by atoms with van der Waals surface area (Å²) in [5.74, 6) is 3.92. The molecule has 0 aromatic heterocycles.